The van der Waals surface area contributed by atoms with Crippen LogP contribution in [0.25, 0.3) is 0 Å². The maximum Gasteiger partial charge on any atom is 0.262 e. The van der Waals surface area contributed by atoms with Crippen LogP contribution in [0.15, 0.2) is 36.4 Å². The molecule has 0 bridgehead atoms. The molecular weight excluding hydrogens is 397 g/mol. The van der Waals surface area contributed by atoms with Crippen molar-refractivity contribution in [2.45, 2.75) is 25.8 Å². The number of amides is 2. The Morgan fingerprint density at radius 2 is 2.10 bits per heavy atom. The summed E-state index contributed by atoms with van der Waals surface area (Å²) in [6.07, 6.45) is 1.99. The van der Waals surface area contributed by atoms with Gasteiger partial charge >= 0.3 is 0 Å². The van der Waals surface area contributed by atoms with Gasteiger partial charge < -0.3 is 20.3 Å². The molecule has 0 aromatic heterocycles. The second kappa shape index (κ2) is 9.24. The van der Waals surface area contributed by atoms with E-state index in [9.17, 15) is 14.0 Å². The summed E-state index contributed by atoms with van der Waals surface area (Å²) in [4.78, 5) is 25.8. The number of halogens is 2. The minimum Gasteiger partial charge on any atom is -0.484 e. The van der Waals surface area contributed by atoms with Crippen molar-refractivity contribution in [1.82, 2.24) is 5.32 Å². The van der Waals surface area contributed by atoms with E-state index in [4.69, 9.17) is 4.74 Å². The Bertz CT molecular complexity index is 922. The van der Waals surface area contributed by atoms with Crippen molar-refractivity contribution in [1.29, 1.82) is 0 Å². The normalized spacial score (nSPS) is 15.5. The first-order valence-electron chi connectivity index (χ1n) is 9.46. The Hall–Kier alpha value is -2.64. The van der Waals surface area contributed by atoms with E-state index in [2.05, 4.69) is 10.6 Å². The van der Waals surface area contributed by atoms with Gasteiger partial charge in [0.05, 0.1) is 5.69 Å². The SMILES string of the molecule is Cl.O=C(COc1cccc(N2CCCC2=O)c1)Nc1ccc2c(c1F)CCNC2. The minimum absolute atomic E-state index is 0. The van der Waals surface area contributed by atoms with E-state index in [1.165, 1.54) is 0 Å². The van der Waals surface area contributed by atoms with E-state index in [1.54, 1.807) is 29.2 Å². The standard InChI is InChI=1S/C21H22FN3O3.ClH/c22-21-17-8-9-23-12-14(17)6-7-18(21)24-19(26)13-28-16-4-1-3-15(11-16)25-10-2-5-20(25)27;/h1,3-4,6-7,11,23H,2,5,8-10,12-13H2,(H,24,26);1H. The average molecular weight is 420 g/mol. The number of rotatable bonds is 5. The van der Waals surface area contributed by atoms with Crippen molar-refractivity contribution in [3.63, 3.8) is 0 Å². The molecule has 2 heterocycles. The summed E-state index contributed by atoms with van der Waals surface area (Å²) in [7, 11) is 0. The maximum absolute atomic E-state index is 14.6. The van der Waals surface area contributed by atoms with Crippen LogP contribution in [0.2, 0.25) is 0 Å². The lowest BCUT2D eigenvalue weighted by Gasteiger charge is -2.19. The predicted octanol–water partition coefficient (Wildman–Crippen LogP) is 3.04. The van der Waals surface area contributed by atoms with E-state index >= 15 is 0 Å². The summed E-state index contributed by atoms with van der Waals surface area (Å²) < 4.78 is 20.2. The number of hydrogen-bond acceptors (Lipinski definition) is 4. The molecule has 29 heavy (non-hydrogen) atoms. The molecule has 8 heteroatoms. The van der Waals surface area contributed by atoms with Gasteiger partial charge in [-0.3, -0.25) is 9.59 Å². The predicted molar refractivity (Wildman–Crippen MR) is 111 cm³/mol. The van der Waals surface area contributed by atoms with Gasteiger partial charge in [-0.05, 0) is 48.7 Å². The Morgan fingerprint density at radius 1 is 1.24 bits per heavy atom. The second-order valence-corrected chi connectivity index (χ2v) is 6.97. The Morgan fingerprint density at radius 3 is 2.90 bits per heavy atom. The van der Waals surface area contributed by atoms with E-state index in [0.717, 1.165) is 24.2 Å². The Balaban J connectivity index is 0.00000240. The molecule has 0 radical (unpaired) electrons. The number of benzene rings is 2. The molecule has 1 saturated heterocycles. The van der Waals surface area contributed by atoms with Gasteiger partial charge in [0.1, 0.15) is 11.6 Å². The molecule has 2 aromatic carbocycles. The molecule has 2 N–H and O–H groups in total. The fourth-order valence-corrected chi connectivity index (χ4v) is 3.63. The van der Waals surface area contributed by atoms with Crippen LogP contribution in [0.4, 0.5) is 15.8 Å². The molecule has 0 saturated carbocycles. The van der Waals surface area contributed by atoms with Crippen LogP contribution >= 0.6 is 12.4 Å². The van der Waals surface area contributed by atoms with E-state index < -0.39 is 5.91 Å². The molecule has 154 valence electrons. The molecule has 0 atom stereocenters. The number of nitrogens with zero attached hydrogens (tertiary/aromatic N) is 1. The van der Waals surface area contributed by atoms with Gasteiger partial charge in [0.2, 0.25) is 5.91 Å². The maximum atomic E-state index is 14.6. The molecule has 0 unspecified atom stereocenters. The van der Waals surface area contributed by atoms with E-state index in [1.807, 2.05) is 12.1 Å². The topological polar surface area (TPSA) is 70.7 Å². The Kier molecular flexibility index (Phi) is 6.71. The van der Waals surface area contributed by atoms with Gasteiger partial charge in [-0.25, -0.2) is 4.39 Å². The van der Waals surface area contributed by atoms with Gasteiger partial charge in [-0.2, -0.15) is 0 Å². The third-order valence-electron chi connectivity index (χ3n) is 5.05. The van der Waals surface area contributed by atoms with Crippen LogP contribution < -0.4 is 20.3 Å². The molecule has 1 fully saturated rings. The lowest BCUT2D eigenvalue weighted by molar-refractivity contribution is -0.118. The van der Waals surface area contributed by atoms with Crippen LogP contribution in [0, 0.1) is 5.82 Å². The van der Waals surface area contributed by atoms with E-state index in [0.29, 0.717) is 37.2 Å². The number of nitrogens with one attached hydrogen (secondary N) is 2. The molecule has 0 aliphatic carbocycles. The number of anilines is 2. The number of ether oxygens (including phenoxy) is 1. The van der Waals surface area contributed by atoms with Gasteiger partial charge in [0, 0.05) is 31.3 Å². The largest absolute Gasteiger partial charge is 0.484 e. The smallest absolute Gasteiger partial charge is 0.262 e. The fraction of sp³-hybridized carbons (Fsp3) is 0.333. The van der Waals surface area contributed by atoms with Crippen molar-refractivity contribution in [3.8, 4) is 5.75 Å². The van der Waals surface area contributed by atoms with Crippen molar-refractivity contribution in [3.05, 3.63) is 53.3 Å². The first-order chi connectivity index (χ1) is 13.6. The zero-order valence-electron chi connectivity index (χ0n) is 15.9. The summed E-state index contributed by atoms with van der Waals surface area (Å²) in [5, 5.41) is 5.78. The third kappa shape index (κ3) is 4.68. The second-order valence-electron chi connectivity index (χ2n) is 6.97. The highest BCUT2D eigenvalue weighted by Crippen LogP contribution is 2.26. The van der Waals surface area contributed by atoms with Crippen molar-refractivity contribution in [2.75, 3.05) is 29.9 Å². The molecule has 6 nitrogen and oxygen atoms in total. The summed E-state index contributed by atoms with van der Waals surface area (Å²) >= 11 is 0. The van der Waals surface area contributed by atoms with Gasteiger partial charge in [0.15, 0.2) is 6.61 Å². The Labute approximate surface area is 174 Å². The fourth-order valence-electron chi connectivity index (χ4n) is 3.63. The highest BCUT2D eigenvalue weighted by molar-refractivity contribution is 5.95. The lowest BCUT2D eigenvalue weighted by Crippen LogP contribution is -2.26. The summed E-state index contributed by atoms with van der Waals surface area (Å²) in [6, 6.07) is 10.5. The average Bonchev–Trinajstić information content (AvgIpc) is 3.15. The van der Waals surface area contributed by atoms with Crippen LogP contribution in [0.1, 0.15) is 24.0 Å². The molecule has 2 amide bonds. The number of carbonyl (C=O) groups is 2. The zero-order chi connectivity index (χ0) is 19.5. The number of carbonyl (C=O) groups excluding carboxylic acids is 2. The number of fused-ring (bicyclic) bond motifs is 1. The van der Waals surface area contributed by atoms with Crippen LogP contribution in [-0.4, -0.2) is 31.5 Å². The third-order valence-corrected chi connectivity index (χ3v) is 5.05. The monoisotopic (exact) mass is 419 g/mol. The van der Waals surface area contributed by atoms with Gasteiger partial charge in [-0.15, -0.1) is 12.4 Å². The quantitative estimate of drug-likeness (QED) is 0.781. The zero-order valence-corrected chi connectivity index (χ0v) is 16.7. The number of hydrogen-bond donors (Lipinski definition) is 2. The lowest BCUT2D eigenvalue weighted by atomic mass is 9.99. The van der Waals surface area contributed by atoms with Crippen LogP contribution in [0.3, 0.4) is 0 Å². The first kappa shape index (κ1) is 21.1. The minimum atomic E-state index is -0.435. The first-order valence-corrected chi connectivity index (χ1v) is 9.46. The molecule has 4 rings (SSSR count). The van der Waals surface area contributed by atoms with Gasteiger partial charge in [-0.1, -0.05) is 12.1 Å². The molecule has 2 aliphatic heterocycles. The van der Waals surface area contributed by atoms with Crippen LogP contribution in [-0.2, 0) is 22.6 Å². The molecule has 2 aliphatic rings. The molecule has 0 spiro atoms. The van der Waals surface area contributed by atoms with Crippen LogP contribution in [0.5, 0.6) is 5.75 Å². The summed E-state index contributed by atoms with van der Waals surface area (Å²) in [6.45, 7) is 1.81. The van der Waals surface area contributed by atoms with Crippen molar-refractivity contribution < 1.29 is 18.7 Å². The highest BCUT2D eigenvalue weighted by Gasteiger charge is 2.22. The summed E-state index contributed by atoms with van der Waals surface area (Å²) in [5.74, 6) is -0.227. The summed E-state index contributed by atoms with van der Waals surface area (Å²) in [5.41, 5.74) is 2.51. The van der Waals surface area contributed by atoms with Crippen molar-refractivity contribution >= 4 is 35.6 Å². The highest BCUT2D eigenvalue weighted by atomic mass is 35.5. The molecular formula is C21H23ClFN3O3. The van der Waals surface area contributed by atoms with Gasteiger partial charge in [0.25, 0.3) is 5.91 Å². The van der Waals surface area contributed by atoms with E-state index in [-0.39, 0.29) is 36.4 Å². The molecule has 2 aromatic rings. The van der Waals surface area contributed by atoms with Crippen molar-refractivity contribution in [2.24, 2.45) is 0 Å².